The molecular weight excluding hydrogens is 356 g/mol. The van der Waals surface area contributed by atoms with E-state index in [1.807, 2.05) is 0 Å². The highest BCUT2D eigenvalue weighted by molar-refractivity contribution is 6.06. The Morgan fingerprint density at radius 1 is 1.26 bits per heavy atom. The number of carbonyl (C=O) groups is 2. The van der Waals surface area contributed by atoms with Gasteiger partial charge in [-0.2, -0.15) is 0 Å². The number of H-pyrrole nitrogens is 1. The first-order valence-electron chi connectivity index (χ1n) is 9.23. The van der Waals surface area contributed by atoms with Crippen molar-refractivity contribution in [1.29, 1.82) is 0 Å². The molecule has 1 saturated heterocycles. The average Bonchev–Trinajstić information content (AvgIpc) is 3.52. The Morgan fingerprint density at radius 2 is 2.00 bits per heavy atom. The Morgan fingerprint density at radius 3 is 2.63 bits per heavy atom. The van der Waals surface area contributed by atoms with Crippen LogP contribution < -0.4 is 5.32 Å². The molecule has 1 atom stereocenters. The molecule has 2 saturated carbocycles. The van der Waals surface area contributed by atoms with E-state index in [9.17, 15) is 18.4 Å². The number of aromatic amines is 1. The van der Waals surface area contributed by atoms with Gasteiger partial charge in [0.1, 0.15) is 11.6 Å². The molecule has 7 nitrogen and oxygen atoms in total. The van der Waals surface area contributed by atoms with Crippen LogP contribution >= 0.6 is 0 Å². The molecule has 5 rings (SSSR count). The fourth-order valence-corrected chi connectivity index (χ4v) is 3.55. The van der Waals surface area contributed by atoms with Gasteiger partial charge >= 0.3 is 0 Å². The van der Waals surface area contributed by atoms with Gasteiger partial charge in [-0.05, 0) is 31.6 Å². The SMILES string of the molecule is O=C(N[C@@H](C(=O)N1CC(F)(F)C1)C1CC1)c1c[nH]c2ncc(C3CC3)nc12. The third-order valence-corrected chi connectivity index (χ3v) is 5.44. The fraction of sp³-hybridized carbons (Fsp3) is 0.556. The summed E-state index contributed by atoms with van der Waals surface area (Å²) < 4.78 is 26.2. The minimum atomic E-state index is -2.82. The third-order valence-electron chi connectivity index (χ3n) is 5.44. The number of fused-ring (bicyclic) bond motifs is 1. The van der Waals surface area contributed by atoms with Crippen LogP contribution in [0.25, 0.3) is 11.2 Å². The number of nitrogens with one attached hydrogen (secondary N) is 2. The number of hydrogen-bond donors (Lipinski definition) is 2. The molecule has 9 heteroatoms. The molecule has 3 fully saturated rings. The van der Waals surface area contributed by atoms with Gasteiger partial charge in [-0.15, -0.1) is 0 Å². The lowest BCUT2D eigenvalue weighted by Gasteiger charge is -2.40. The summed E-state index contributed by atoms with van der Waals surface area (Å²) in [6, 6.07) is -0.766. The summed E-state index contributed by atoms with van der Waals surface area (Å²) in [4.78, 5) is 38.3. The number of nitrogens with zero attached hydrogens (tertiary/aromatic N) is 3. The summed E-state index contributed by atoms with van der Waals surface area (Å²) in [6.45, 7) is -1.15. The van der Waals surface area contributed by atoms with Crippen LogP contribution in [0, 0.1) is 5.92 Å². The van der Waals surface area contributed by atoms with E-state index in [2.05, 4.69) is 20.3 Å². The van der Waals surface area contributed by atoms with Crippen molar-refractivity contribution in [3.8, 4) is 0 Å². The number of alkyl halides is 2. The minimum Gasteiger partial charge on any atom is -0.344 e. The van der Waals surface area contributed by atoms with Crippen molar-refractivity contribution in [2.75, 3.05) is 13.1 Å². The minimum absolute atomic E-state index is 0.00832. The van der Waals surface area contributed by atoms with Crippen LogP contribution in [0.3, 0.4) is 0 Å². The monoisotopic (exact) mass is 375 g/mol. The summed E-state index contributed by atoms with van der Waals surface area (Å²) in [6.07, 6.45) is 7.01. The normalized spacial score (nSPS) is 22.4. The molecular formula is C18H19F2N5O2. The van der Waals surface area contributed by atoms with Gasteiger partial charge in [0, 0.05) is 12.1 Å². The fourth-order valence-electron chi connectivity index (χ4n) is 3.55. The number of amides is 2. The first-order chi connectivity index (χ1) is 12.9. The van der Waals surface area contributed by atoms with Crippen molar-refractivity contribution in [3.63, 3.8) is 0 Å². The van der Waals surface area contributed by atoms with E-state index in [1.165, 1.54) is 6.20 Å². The van der Waals surface area contributed by atoms with Gasteiger partial charge in [-0.3, -0.25) is 9.59 Å². The van der Waals surface area contributed by atoms with Crippen LogP contribution in [0.2, 0.25) is 0 Å². The average molecular weight is 375 g/mol. The maximum Gasteiger partial charge on any atom is 0.282 e. The largest absolute Gasteiger partial charge is 0.344 e. The first-order valence-corrected chi connectivity index (χ1v) is 9.23. The van der Waals surface area contributed by atoms with E-state index >= 15 is 0 Å². The van der Waals surface area contributed by atoms with Crippen LogP contribution in [0.4, 0.5) is 8.78 Å². The lowest BCUT2D eigenvalue weighted by molar-refractivity contribution is -0.167. The van der Waals surface area contributed by atoms with Crippen molar-refractivity contribution < 1.29 is 18.4 Å². The second-order valence-corrected chi connectivity index (χ2v) is 7.81. The molecule has 2 amide bonds. The maximum atomic E-state index is 13.1. The number of likely N-dealkylation sites (tertiary alicyclic amines) is 1. The molecule has 2 aliphatic carbocycles. The van der Waals surface area contributed by atoms with Gasteiger partial charge < -0.3 is 15.2 Å². The van der Waals surface area contributed by atoms with Gasteiger partial charge in [0.2, 0.25) is 5.91 Å². The summed E-state index contributed by atoms with van der Waals surface area (Å²) in [5, 5.41) is 2.75. The van der Waals surface area contributed by atoms with E-state index in [4.69, 9.17) is 0 Å². The predicted molar refractivity (Wildman–Crippen MR) is 91.4 cm³/mol. The van der Waals surface area contributed by atoms with Crippen LogP contribution in [-0.2, 0) is 4.79 Å². The molecule has 2 N–H and O–H groups in total. The zero-order valence-corrected chi connectivity index (χ0v) is 14.5. The highest BCUT2D eigenvalue weighted by atomic mass is 19.3. The molecule has 0 spiro atoms. The zero-order chi connectivity index (χ0) is 18.8. The van der Waals surface area contributed by atoms with Gasteiger partial charge in [0.05, 0.1) is 30.5 Å². The second kappa shape index (κ2) is 5.71. The summed E-state index contributed by atoms with van der Waals surface area (Å²) >= 11 is 0. The van der Waals surface area contributed by atoms with Crippen molar-refractivity contribution >= 4 is 23.0 Å². The predicted octanol–water partition coefficient (Wildman–Crippen LogP) is 1.82. The van der Waals surface area contributed by atoms with Gasteiger partial charge in [-0.1, -0.05) is 0 Å². The number of carbonyl (C=O) groups excluding carboxylic acids is 2. The highest BCUT2D eigenvalue weighted by Crippen LogP contribution is 2.39. The van der Waals surface area contributed by atoms with Gasteiger partial charge in [0.15, 0.2) is 5.65 Å². The summed E-state index contributed by atoms with van der Waals surface area (Å²) in [5.41, 5.74) is 2.19. The number of rotatable bonds is 5. The van der Waals surface area contributed by atoms with Crippen LogP contribution in [0.5, 0.6) is 0 Å². The standard InChI is InChI=1S/C18H19F2N5O2/c19-18(20)7-25(8-18)17(27)13(10-3-4-10)24-16(26)11-5-21-15-14(11)23-12(6-22-15)9-1-2-9/h5-6,9-10,13H,1-4,7-8H2,(H,21,22)(H,24,26)/t13-/m1/s1. The number of hydrogen-bond acceptors (Lipinski definition) is 4. The van der Waals surface area contributed by atoms with E-state index in [0.717, 1.165) is 36.3 Å². The van der Waals surface area contributed by atoms with E-state index in [0.29, 0.717) is 22.6 Å². The van der Waals surface area contributed by atoms with Gasteiger partial charge in [0.25, 0.3) is 11.8 Å². The first kappa shape index (κ1) is 16.6. The molecule has 2 aromatic heterocycles. The van der Waals surface area contributed by atoms with Crippen LogP contribution in [0.15, 0.2) is 12.4 Å². The Labute approximate surface area is 153 Å². The summed E-state index contributed by atoms with van der Waals surface area (Å²) in [7, 11) is 0. The molecule has 142 valence electrons. The van der Waals surface area contributed by atoms with E-state index in [1.54, 1.807) is 6.20 Å². The summed E-state index contributed by atoms with van der Waals surface area (Å²) in [5.74, 6) is -3.27. The molecule has 2 aromatic rings. The van der Waals surface area contributed by atoms with Gasteiger partial charge in [-0.25, -0.2) is 18.7 Å². The highest BCUT2D eigenvalue weighted by Gasteiger charge is 2.50. The maximum absolute atomic E-state index is 13.1. The molecule has 0 bridgehead atoms. The topological polar surface area (TPSA) is 91.0 Å². The van der Waals surface area contributed by atoms with E-state index in [-0.39, 0.29) is 5.92 Å². The third kappa shape index (κ3) is 3.04. The Kier molecular flexibility index (Phi) is 3.50. The smallest absolute Gasteiger partial charge is 0.282 e. The molecule has 0 aromatic carbocycles. The van der Waals surface area contributed by atoms with Crippen molar-refractivity contribution in [2.45, 2.75) is 43.6 Å². The Balaban J connectivity index is 1.36. The van der Waals surface area contributed by atoms with Crippen LogP contribution in [0.1, 0.15) is 47.7 Å². The Hall–Kier alpha value is -2.58. The molecule has 3 aliphatic rings. The second-order valence-electron chi connectivity index (χ2n) is 7.81. The lowest BCUT2D eigenvalue weighted by Crippen LogP contribution is -2.63. The van der Waals surface area contributed by atoms with E-state index < -0.39 is 36.9 Å². The quantitative estimate of drug-likeness (QED) is 0.834. The number of aromatic nitrogens is 3. The lowest BCUT2D eigenvalue weighted by atomic mass is 10.1. The molecule has 0 radical (unpaired) electrons. The molecule has 27 heavy (non-hydrogen) atoms. The van der Waals surface area contributed by atoms with Crippen molar-refractivity contribution in [1.82, 2.24) is 25.2 Å². The number of halogens is 2. The Bertz CT molecular complexity index is 927. The van der Waals surface area contributed by atoms with Crippen molar-refractivity contribution in [2.24, 2.45) is 5.92 Å². The van der Waals surface area contributed by atoms with Crippen molar-refractivity contribution in [3.05, 3.63) is 23.7 Å². The zero-order valence-electron chi connectivity index (χ0n) is 14.5. The molecule has 1 aliphatic heterocycles. The molecule has 0 unspecified atom stereocenters. The molecule has 3 heterocycles. The van der Waals surface area contributed by atoms with Crippen LogP contribution in [-0.4, -0.2) is 56.7 Å².